The van der Waals surface area contributed by atoms with Gasteiger partial charge in [0.2, 0.25) is 0 Å². The molecule has 0 aromatic carbocycles. The molecule has 0 spiro atoms. The number of rotatable bonds is 1. The van der Waals surface area contributed by atoms with Gasteiger partial charge < -0.3 is 9.30 Å². The molecular formula is C8H9N3OS2. The molecule has 6 heteroatoms. The number of aryl methyl sites for hydroxylation is 2. The molecule has 2 heterocycles. The number of fused-ring (bicyclic) bond motifs is 1. The third-order valence-electron chi connectivity index (χ3n) is 1.96. The maximum absolute atomic E-state index is 5.17. The summed E-state index contributed by atoms with van der Waals surface area (Å²) in [6.07, 6.45) is 0. The van der Waals surface area contributed by atoms with Crippen molar-refractivity contribution in [1.29, 1.82) is 0 Å². The fourth-order valence-electron chi connectivity index (χ4n) is 1.20. The summed E-state index contributed by atoms with van der Waals surface area (Å²) in [7, 11) is 3.45. The number of aromatic nitrogens is 3. The summed E-state index contributed by atoms with van der Waals surface area (Å²) in [4.78, 5) is 8.44. The van der Waals surface area contributed by atoms with E-state index in [9.17, 15) is 0 Å². The second-order valence-electron chi connectivity index (χ2n) is 2.88. The third kappa shape index (κ3) is 1.31. The quantitative estimate of drug-likeness (QED) is 0.699. The van der Waals surface area contributed by atoms with Gasteiger partial charge in [-0.25, -0.2) is 0 Å². The van der Waals surface area contributed by atoms with Crippen molar-refractivity contribution in [3.63, 3.8) is 0 Å². The van der Waals surface area contributed by atoms with Gasteiger partial charge >= 0.3 is 6.01 Å². The van der Waals surface area contributed by atoms with E-state index in [1.807, 2.05) is 18.5 Å². The highest BCUT2D eigenvalue weighted by molar-refractivity contribution is 7.73. The maximum atomic E-state index is 5.17. The Morgan fingerprint density at radius 2 is 2.14 bits per heavy atom. The van der Waals surface area contributed by atoms with Gasteiger partial charge in [-0.05, 0) is 19.1 Å². The smallest absolute Gasteiger partial charge is 0.318 e. The molecule has 2 aromatic heterocycles. The first-order valence-corrected chi connectivity index (χ1v) is 5.24. The van der Waals surface area contributed by atoms with Gasteiger partial charge in [-0.2, -0.15) is 9.97 Å². The third-order valence-corrected chi connectivity index (χ3v) is 3.61. The van der Waals surface area contributed by atoms with Crippen LogP contribution >= 0.6 is 23.6 Å². The lowest BCUT2D eigenvalue weighted by Crippen LogP contribution is -1.97. The van der Waals surface area contributed by atoms with Crippen molar-refractivity contribution < 1.29 is 4.74 Å². The zero-order valence-electron chi connectivity index (χ0n) is 8.07. The van der Waals surface area contributed by atoms with Gasteiger partial charge in [0, 0.05) is 7.05 Å². The summed E-state index contributed by atoms with van der Waals surface area (Å²) < 4.78 is 8.69. The fraction of sp³-hybridized carbons (Fsp3) is 0.375. The molecule has 14 heavy (non-hydrogen) atoms. The van der Waals surface area contributed by atoms with Gasteiger partial charge in [-0.1, -0.05) is 0 Å². The molecule has 4 nitrogen and oxygen atoms in total. The number of hydrogen-bond donors (Lipinski definition) is 0. The SMILES string of the molecule is COc1nc(C)c2sc(=S)n(C)c2n1. The van der Waals surface area contributed by atoms with Crippen LogP contribution in [0.2, 0.25) is 0 Å². The van der Waals surface area contributed by atoms with E-state index in [-0.39, 0.29) is 0 Å². The zero-order valence-corrected chi connectivity index (χ0v) is 9.70. The van der Waals surface area contributed by atoms with Crippen molar-refractivity contribution in [2.75, 3.05) is 7.11 Å². The first kappa shape index (κ1) is 9.54. The highest BCUT2D eigenvalue weighted by atomic mass is 32.1. The van der Waals surface area contributed by atoms with Crippen LogP contribution < -0.4 is 4.74 Å². The molecule has 0 amide bonds. The Balaban J connectivity index is 2.90. The summed E-state index contributed by atoms with van der Waals surface area (Å²) in [5.74, 6) is 0. The molecule has 0 unspecified atom stereocenters. The molecule has 0 aliphatic rings. The second kappa shape index (κ2) is 3.29. The molecule has 0 atom stereocenters. The van der Waals surface area contributed by atoms with Crippen LogP contribution in [0.4, 0.5) is 0 Å². The molecule has 0 fully saturated rings. The summed E-state index contributed by atoms with van der Waals surface area (Å²) in [6.45, 7) is 1.93. The van der Waals surface area contributed by atoms with Crippen molar-refractivity contribution in [1.82, 2.24) is 14.5 Å². The first-order valence-electron chi connectivity index (χ1n) is 4.01. The van der Waals surface area contributed by atoms with Crippen molar-refractivity contribution in [2.45, 2.75) is 6.92 Å². The summed E-state index contributed by atoms with van der Waals surface area (Å²) in [5, 5.41) is 0. The number of hydrogen-bond acceptors (Lipinski definition) is 5. The first-order chi connectivity index (χ1) is 6.63. The minimum Gasteiger partial charge on any atom is -0.467 e. The Labute approximate surface area is 90.2 Å². The van der Waals surface area contributed by atoms with Crippen LogP contribution in [0.5, 0.6) is 6.01 Å². The van der Waals surface area contributed by atoms with Crippen LogP contribution in [0, 0.1) is 10.9 Å². The molecule has 0 aliphatic heterocycles. The van der Waals surface area contributed by atoms with Gasteiger partial charge in [0.05, 0.1) is 17.5 Å². The van der Waals surface area contributed by atoms with Gasteiger partial charge in [0.1, 0.15) is 0 Å². The van der Waals surface area contributed by atoms with Crippen LogP contribution in [0.15, 0.2) is 0 Å². The lowest BCUT2D eigenvalue weighted by atomic mass is 10.4. The van der Waals surface area contributed by atoms with Gasteiger partial charge in [0.25, 0.3) is 0 Å². The van der Waals surface area contributed by atoms with Crippen molar-refractivity contribution in [2.24, 2.45) is 7.05 Å². The predicted octanol–water partition coefficient (Wildman–Crippen LogP) is 2.08. The van der Waals surface area contributed by atoms with Crippen LogP contribution in [0.1, 0.15) is 5.69 Å². The Kier molecular flexibility index (Phi) is 2.24. The van der Waals surface area contributed by atoms with E-state index in [1.54, 1.807) is 7.11 Å². The summed E-state index contributed by atoms with van der Waals surface area (Å²) in [5.41, 5.74) is 1.74. The molecule has 2 rings (SSSR count). The number of thiazole rings is 1. The molecule has 0 aliphatic carbocycles. The number of methoxy groups -OCH3 is 1. The number of ether oxygens (including phenoxy) is 1. The highest BCUT2D eigenvalue weighted by Crippen LogP contribution is 2.24. The van der Waals surface area contributed by atoms with E-state index < -0.39 is 0 Å². The van der Waals surface area contributed by atoms with Crippen LogP contribution in [-0.4, -0.2) is 21.6 Å². The normalized spacial score (nSPS) is 10.8. The lowest BCUT2D eigenvalue weighted by Gasteiger charge is -2.00. The molecule has 2 aromatic rings. The Morgan fingerprint density at radius 3 is 2.79 bits per heavy atom. The van der Waals surface area contributed by atoms with Crippen molar-refractivity contribution in [3.05, 3.63) is 9.65 Å². The van der Waals surface area contributed by atoms with E-state index in [4.69, 9.17) is 17.0 Å². The standard InChI is InChI=1S/C8H9N3OS2/c1-4-5-6(10-7(9-4)12-3)11(2)8(13)14-5/h1-3H3. The lowest BCUT2D eigenvalue weighted by molar-refractivity contribution is 0.380. The molecule has 0 N–H and O–H groups in total. The molecule has 0 saturated heterocycles. The molecule has 0 bridgehead atoms. The molecule has 0 saturated carbocycles. The summed E-state index contributed by atoms with van der Waals surface area (Å²) >= 11 is 6.69. The van der Waals surface area contributed by atoms with Crippen LogP contribution in [0.25, 0.3) is 10.3 Å². The van der Waals surface area contributed by atoms with E-state index in [2.05, 4.69) is 9.97 Å². The van der Waals surface area contributed by atoms with Gasteiger partial charge in [0.15, 0.2) is 9.60 Å². The average Bonchev–Trinajstić information content (AvgIpc) is 2.45. The fourth-order valence-corrected chi connectivity index (χ4v) is 2.40. The van der Waals surface area contributed by atoms with Gasteiger partial charge in [-0.15, -0.1) is 11.3 Å². The minimum atomic E-state index is 0.387. The van der Waals surface area contributed by atoms with E-state index in [1.165, 1.54) is 11.3 Å². The second-order valence-corrected chi connectivity index (χ2v) is 4.52. The Bertz CT molecular complexity index is 543. The topological polar surface area (TPSA) is 39.9 Å². The molecule has 74 valence electrons. The van der Waals surface area contributed by atoms with Crippen LogP contribution in [0.3, 0.4) is 0 Å². The Morgan fingerprint density at radius 1 is 1.43 bits per heavy atom. The summed E-state index contributed by atoms with van der Waals surface area (Å²) in [6, 6.07) is 0.387. The largest absolute Gasteiger partial charge is 0.467 e. The number of nitrogens with zero attached hydrogens (tertiary/aromatic N) is 3. The van der Waals surface area contributed by atoms with E-state index in [0.717, 1.165) is 20.0 Å². The van der Waals surface area contributed by atoms with Crippen molar-refractivity contribution >= 4 is 33.9 Å². The van der Waals surface area contributed by atoms with Crippen LogP contribution in [-0.2, 0) is 7.05 Å². The predicted molar refractivity (Wildman–Crippen MR) is 58.5 cm³/mol. The molecule has 0 radical (unpaired) electrons. The maximum Gasteiger partial charge on any atom is 0.318 e. The monoisotopic (exact) mass is 227 g/mol. The van der Waals surface area contributed by atoms with Crippen molar-refractivity contribution in [3.8, 4) is 6.01 Å². The van der Waals surface area contributed by atoms with E-state index in [0.29, 0.717) is 6.01 Å². The molecular weight excluding hydrogens is 218 g/mol. The minimum absolute atomic E-state index is 0.387. The Hall–Kier alpha value is -1.01. The average molecular weight is 227 g/mol. The van der Waals surface area contributed by atoms with Gasteiger partial charge in [-0.3, -0.25) is 0 Å². The van der Waals surface area contributed by atoms with E-state index >= 15 is 0 Å². The highest BCUT2D eigenvalue weighted by Gasteiger charge is 2.09. The zero-order chi connectivity index (χ0) is 10.3.